The summed E-state index contributed by atoms with van der Waals surface area (Å²) in [4.78, 5) is 0. The van der Waals surface area contributed by atoms with Crippen molar-refractivity contribution < 1.29 is 4.39 Å². The third kappa shape index (κ3) is 3.58. The van der Waals surface area contributed by atoms with Crippen molar-refractivity contribution in [3.63, 3.8) is 0 Å². The van der Waals surface area contributed by atoms with Crippen LogP contribution in [0.25, 0.3) is 0 Å². The fourth-order valence-corrected chi connectivity index (χ4v) is 4.04. The molecule has 0 heterocycles. The van der Waals surface area contributed by atoms with E-state index < -0.39 is 0 Å². The maximum atomic E-state index is 13.0. The van der Waals surface area contributed by atoms with Crippen LogP contribution in [0.15, 0.2) is 24.3 Å². The molecule has 0 nitrogen and oxygen atoms in total. The standard InChI is InChI=1S/C15H22AsF/c16-15(13-7-9-14(17)10-8-13)11-5-3-1-2-4-6-12-15/h7-10H,1-6,11-12,16H2. The van der Waals surface area contributed by atoms with Crippen molar-refractivity contribution >= 4 is 16.9 Å². The summed E-state index contributed by atoms with van der Waals surface area (Å²) in [5.74, 6) is -0.118. The summed E-state index contributed by atoms with van der Waals surface area (Å²) >= 11 is 1.83. The van der Waals surface area contributed by atoms with Gasteiger partial charge in [-0.15, -0.1) is 0 Å². The quantitative estimate of drug-likeness (QED) is 0.692. The summed E-state index contributed by atoms with van der Waals surface area (Å²) < 4.78 is 13.3. The van der Waals surface area contributed by atoms with Crippen LogP contribution in [0.3, 0.4) is 0 Å². The van der Waals surface area contributed by atoms with E-state index in [9.17, 15) is 4.39 Å². The van der Waals surface area contributed by atoms with E-state index in [2.05, 4.69) is 0 Å². The SMILES string of the molecule is Fc1ccc(C2([AsH2])CCCCCCCC2)cc1. The maximum absolute atomic E-state index is 13.0. The number of hydrogen-bond donors (Lipinski definition) is 0. The third-order valence-electron chi connectivity index (χ3n) is 3.91. The van der Waals surface area contributed by atoms with E-state index in [1.807, 2.05) is 29.0 Å². The van der Waals surface area contributed by atoms with Crippen molar-refractivity contribution in [2.45, 2.75) is 55.6 Å². The van der Waals surface area contributed by atoms with Crippen molar-refractivity contribution in [3.05, 3.63) is 35.6 Å². The van der Waals surface area contributed by atoms with E-state index in [0.29, 0.717) is 4.20 Å². The molecule has 1 fully saturated rings. The van der Waals surface area contributed by atoms with E-state index >= 15 is 0 Å². The van der Waals surface area contributed by atoms with Crippen LogP contribution >= 0.6 is 0 Å². The number of rotatable bonds is 1. The Balaban J connectivity index is 2.15. The summed E-state index contributed by atoms with van der Waals surface area (Å²) in [6, 6.07) is 7.22. The molecule has 1 aromatic carbocycles. The molecule has 0 aliphatic heterocycles. The molecule has 0 bridgehead atoms. The molecular weight excluding hydrogens is 274 g/mol. The Morgan fingerprint density at radius 3 is 1.82 bits per heavy atom. The van der Waals surface area contributed by atoms with Gasteiger partial charge < -0.3 is 0 Å². The molecule has 0 aromatic heterocycles. The van der Waals surface area contributed by atoms with Crippen molar-refractivity contribution in [3.8, 4) is 0 Å². The second kappa shape index (κ2) is 6.05. The summed E-state index contributed by atoms with van der Waals surface area (Å²) in [5.41, 5.74) is 1.35. The van der Waals surface area contributed by atoms with Crippen LogP contribution in [0.4, 0.5) is 4.39 Å². The molecule has 0 radical (unpaired) electrons. The van der Waals surface area contributed by atoms with Crippen molar-refractivity contribution in [2.75, 3.05) is 0 Å². The summed E-state index contributed by atoms with van der Waals surface area (Å²) in [7, 11) is 0. The van der Waals surface area contributed by atoms with Crippen molar-refractivity contribution in [1.82, 2.24) is 0 Å². The minimum atomic E-state index is -0.118. The second-order valence-corrected chi connectivity index (χ2v) is 7.60. The topological polar surface area (TPSA) is 0 Å². The Kier molecular flexibility index (Phi) is 4.68. The van der Waals surface area contributed by atoms with Gasteiger partial charge in [-0.05, 0) is 0 Å². The molecule has 0 amide bonds. The first-order valence-corrected chi connectivity index (χ1v) is 7.97. The van der Waals surface area contributed by atoms with Crippen LogP contribution in [0.5, 0.6) is 0 Å². The van der Waals surface area contributed by atoms with E-state index in [1.165, 1.54) is 56.9 Å². The van der Waals surface area contributed by atoms with Crippen LogP contribution in [0, 0.1) is 5.82 Å². The van der Waals surface area contributed by atoms with Gasteiger partial charge in [0.15, 0.2) is 0 Å². The van der Waals surface area contributed by atoms with Crippen LogP contribution in [-0.4, -0.2) is 16.9 Å². The molecule has 1 aliphatic rings. The molecule has 1 aliphatic carbocycles. The van der Waals surface area contributed by atoms with Gasteiger partial charge in [0.25, 0.3) is 0 Å². The number of benzene rings is 1. The average Bonchev–Trinajstić information content (AvgIpc) is 2.43. The number of halogens is 1. The Hall–Kier alpha value is -0.292. The molecule has 94 valence electrons. The van der Waals surface area contributed by atoms with Crippen molar-refractivity contribution in [2.24, 2.45) is 0 Å². The van der Waals surface area contributed by atoms with Crippen LogP contribution < -0.4 is 0 Å². The predicted octanol–water partition coefficient (Wildman–Crippen LogP) is 3.79. The first-order chi connectivity index (χ1) is 8.21. The van der Waals surface area contributed by atoms with E-state index in [4.69, 9.17) is 0 Å². The molecule has 0 saturated heterocycles. The summed E-state index contributed by atoms with van der Waals surface area (Å²) in [6.07, 6.45) is 10.7. The molecule has 17 heavy (non-hydrogen) atoms. The second-order valence-electron chi connectivity index (χ2n) is 5.28. The molecule has 0 spiro atoms. The zero-order chi connectivity index (χ0) is 12.1. The Labute approximate surface area is 112 Å². The van der Waals surface area contributed by atoms with Crippen LogP contribution in [-0.2, 0) is 4.20 Å². The van der Waals surface area contributed by atoms with E-state index in [-0.39, 0.29) is 5.82 Å². The van der Waals surface area contributed by atoms with E-state index in [0.717, 1.165) is 0 Å². The van der Waals surface area contributed by atoms with Gasteiger partial charge in [0.1, 0.15) is 0 Å². The first kappa shape index (κ1) is 13.1. The molecule has 1 atom stereocenters. The summed E-state index contributed by atoms with van der Waals surface area (Å²) in [6.45, 7) is 0. The van der Waals surface area contributed by atoms with Crippen LogP contribution in [0.1, 0.15) is 56.9 Å². The normalized spacial score (nSPS) is 21.3. The fourth-order valence-electron chi connectivity index (χ4n) is 2.78. The van der Waals surface area contributed by atoms with Gasteiger partial charge in [-0.1, -0.05) is 0 Å². The van der Waals surface area contributed by atoms with Gasteiger partial charge in [0.2, 0.25) is 0 Å². The molecule has 2 heteroatoms. The van der Waals surface area contributed by atoms with Gasteiger partial charge in [0.05, 0.1) is 0 Å². The van der Waals surface area contributed by atoms with Crippen LogP contribution in [0.2, 0.25) is 0 Å². The van der Waals surface area contributed by atoms with Gasteiger partial charge in [0, 0.05) is 0 Å². The Morgan fingerprint density at radius 2 is 1.29 bits per heavy atom. The molecule has 0 N–H and O–H groups in total. The zero-order valence-electron chi connectivity index (χ0n) is 10.4. The predicted molar refractivity (Wildman–Crippen MR) is 73.6 cm³/mol. The fraction of sp³-hybridized carbons (Fsp3) is 0.600. The summed E-state index contributed by atoms with van der Waals surface area (Å²) in [5, 5.41) is 0. The van der Waals surface area contributed by atoms with Gasteiger partial charge in [-0.25, -0.2) is 0 Å². The molecule has 1 aromatic rings. The Bertz CT molecular complexity index is 334. The monoisotopic (exact) mass is 296 g/mol. The third-order valence-corrected chi connectivity index (χ3v) is 5.83. The van der Waals surface area contributed by atoms with Gasteiger partial charge in [-0.3, -0.25) is 0 Å². The van der Waals surface area contributed by atoms with Gasteiger partial charge in [-0.2, -0.15) is 0 Å². The Morgan fingerprint density at radius 1 is 0.824 bits per heavy atom. The van der Waals surface area contributed by atoms with Crippen molar-refractivity contribution in [1.29, 1.82) is 0 Å². The zero-order valence-corrected chi connectivity index (χ0v) is 12.8. The van der Waals surface area contributed by atoms with Gasteiger partial charge >= 0.3 is 112 Å². The van der Waals surface area contributed by atoms with E-state index in [1.54, 1.807) is 12.1 Å². The molecule has 1 unspecified atom stereocenters. The number of hydrogen-bond acceptors (Lipinski definition) is 0. The molecule has 2 rings (SSSR count). The molecular formula is C15H22AsF. The molecule has 1 saturated carbocycles. The minimum absolute atomic E-state index is 0.118. The average molecular weight is 296 g/mol. The first-order valence-electron chi connectivity index (χ1n) is 6.76.